The van der Waals surface area contributed by atoms with E-state index < -0.39 is 5.92 Å². The van der Waals surface area contributed by atoms with Gasteiger partial charge in [0.1, 0.15) is 0 Å². The van der Waals surface area contributed by atoms with Gasteiger partial charge in [-0.25, -0.2) is 0 Å². The third-order valence-electron chi connectivity index (χ3n) is 2.64. The van der Waals surface area contributed by atoms with E-state index in [0.717, 1.165) is 11.1 Å². The quantitative estimate of drug-likeness (QED) is 0.594. The van der Waals surface area contributed by atoms with E-state index in [1.54, 1.807) is 6.92 Å². The molecule has 0 radical (unpaired) electrons. The molecule has 1 unspecified atom stereocenters. The minimum absolute atomic E-state index is 0.0188. The van der Waals surface area contributed by atoms with Crippen LogP contribution in [0.4, 0.5) is 0 Å². The van der Waals surface area contributed by atoms with Crippen molar-refractivity contribution >= 4 is 11.8 Å². The van der Waals surface area contributed by atoms with Crippen LogP contribution in [0.5, 0.6) is 0 Å². The molecule has 0 aliphatic heterocycles. The topological polar surface area (TPSA) is 43.4 Å². The van der Waals surface area contributed by atoms with E-state index in [4.69, 9.17) is 0 Å². The van der Waals surface area contributed by atoms with E-state index >= 15 is 0 Å². The normalized spacial score (nSPS) is 12.0. The second kappa shape index (κ2) is 5.62. The molecule has 0 spiro atoms. The molecule has 1 aromatic rings. The van der Waals surface area contributed by atoms with Gasteiger partial charge in [-0.15, -0.1) is 0 Å². The van der Waals surface area contributed by atoms with E-state index in [9.17, 15) is 9.59 Å². The fourth-order valence-corrected chi connectivity index (χ4v) is 1.82. The predicted molar refractivity (Wildman–Crippen MR) is 66.0 cm³/mol. The van der Waals surface area contributed by atoms with E-state index in [0.29, 0.717) is 5.56 Å². The van der Waals surface area contributed by atoms with Gasteiger partial charge in [-0.2, -0.15) is 0 Å². The number of hydrogen-bond donors (Lipinski definition) is 0. The van der Waals surface area contributed by atoms with Crippen LogP contribution in [0.2, 0.25) is 0 Å². The van der Waals surface area contributed by atoms with E-state index in [2.05, 4.69) is 4.74 Å². The van der Waals surface area contributed by atoms with Gasteiger partial charge in [0, 0.05) is 12.0 Å². The summed E-state index contributed by atoms with van der Waals surface area (Å²) in [5, 5.41) is 0. The summed E-state index contributed by atoms with van der Waals surface area (Å²) in [6.07, 6.45) is 0.190. The average molecular weight is 234 g/mol. The van der Waals surface area contributed by atoms with Crippen LogP contribution in [0, 0.1) is 19.8 Å². The molecule has 1 atom stereocenters. The zero-order chi connectivity index (χ0) is 13.0. The molecule has 0 heterocycles. The zero-order valence-corrected chi connectivity index (χ0v) is 10.7. The number of benzene rings is 1. The van der Waals surface area contributed by atoms with Crippen molar-refractivity contribution in [2.75, 3.05) is 7.11 Å². The number of Topliss-reactive ketones (excluding diaryl/α,β-unsaturated/α-hetero) is 1. The summed E-state index contributed by atoms with van der Waals surface area (Å²) in [4.78, 5) is 23.2. The maximum absolute atomic E-state index is 12.0. The lowest BCUT2D eigenvalue weighted by atomic mass is 9.97. The number of esters is 1. The molecular weight excluding hydrogens is 216 g/mol. The van der Waals surface area contributed by atoms with Gasteiger partial charge in [0.25, 0.3) is 0 Å². The number of rotatable bonds is 4. The molecule has 0 amide bonds. The molecule has 0 saturated heterocycles. The Kier molecular flexibility index (Phi) is 4.44. The van der Waals surface area contributed by atoms with Crippen LogP contribution >= 0.6 is 0 Å². The lowest BCUT2D eigenvalue weighted by molar-refractivity contribution is -0.144. The first-order valence-corrected chi connectivity index (χ1v) is 5.63. The Bertz CT molecular complexity index is 415. The first kappa shape index (κ1) is 13.4. The van der Waals surface area contributed by atoms with Gasteiger partial charge in [0.15, 0.2) is 5.78 Å². The highest BCUT2D eigenvalue weighted by Gasteiger charge is 2.18. The first-order valence-electron chi connectivity index (χ1n) is 5.63. The number of carbonyl (C=O) groups is 2. The molecule has 0 fully saturated rings. The van der Waals surface area contributed by atoms with Gasteiger partial charge in [0.05, 0.1) is 13.0 Å². The van der Waals surface area contributed by atoms with Crippen molar-refractivity contribution in [1.82, 2.24) is 0 Å². The number of ether oxygens (including phenoxy) is 1. The highest BCUT2D eigenvalue weighted by molar-refractivity contribution is 5.98. The van der Waals surface area contributed by atoms with E-state index in [1.165, 1.54) is 7.11 Å². The van der Waals surface area contributed by atoms with Gasteiger partial charge in [-0.3, -0.25) is 9.59 Å². The van der Waals surface area contributed by atoms with Crippen molar-refractivity contribution in [3.05, 3.63) is 34.9 Å². The highest BCUT2D eigenvalue weighted by Crippen LogP contribution is 2.14. The van der Waals surface area contributed by atoms with Crippen molar-refractivity contribution in [2.45, 2.75) is 27.2 Å². The Morgan fingerprint density at radius 2 is 1.71 bits per heavy atom. The molecule has 0 saturated carbocycles. The summed E-state index contributed by atoms with van der Waals surface area (Å²) in [6, 6.07) is 5.71. The number of carbonyl (C=O) groups excluding carboxylic acids is 2. The Labute approximate surface area is 102 Å². The molecule has 0 bridgehead atoms. The molecule has 0 aliphatic carbocycles. The molecule has 0 aliphatic rings. The standard InChI is InChI=1S/C14H18O3/c1-9-5-10(2)7-12(6-9)13(15)8-11(3)14(16)17-4/h5-7,11H,8H2,1-4H3. The van der Waals surface area contributed by atoms with E-state index in [1.807, 2.05) is 32.0 Å². The Morgan fingerprint density at radius 3 is 2.18 bits per heavy atom. The van der Waals surface area contributed by atoms with Gasteiger partial charge >= 0.3 is 5.97 Å². The smallest absolute Gasteiger partial charge is 0.308 e. The number of methoxy groups -OCH3 is 1. The fraction of sp³-hybridized carbons (Fsp3) is 0.429. The molecule has 92 valence electrons. The predicted octanol–water partition coefficient (Wildman–Crippen LogP) is 2.69. The lowest BCUT2D eigenvalue weighted by Gasteiger charge is -2.09. The minimum Gasteiger partial charge on any atom is -0.469 e. The monoisotopic (exact) mass is 234 g/mol. The average Bonchev–Trinajstić information content (AvgIpc) is 2.26. The third-order valence-corrected chi connectivity index (χ3v) is 2.64. The molecule has 0 aromatic heterocycles. The second-order valence-electron chi connectivity index (χ2n) is 4.43. The zero-order valence-electron chi connectivity index (χ0n) is 10.7. The Morgan fingerprint density at radius 1 is 1.18 bits per heavy atom. The number of ketones is 1. The van der Waals surface area contributed by atoms with Gasteiger partial charge < -0.3 is 4.74 Å². The fourth-order valence-electron chi connectivity index (χ4n) is 1.82. The van der Waals surface area contributed by atoms with Crippen LogP contribution in [0.3, 0.4) is 0 Å². The molecule has 0 N–H and O–H groups in total. The van der Waals surface area contributed by atoms with Gasteiger partial charge in [0.2, 0.25) is 0 Å². The number of aryl methyl sites for hydroxylation is 2. The van der Waals surface area contributed by atoms with Crippen LogP contribution in [0.1, 0.15) is 34.8 Å². The van der Waals surface area contributed by atoms with Crippen molar-refractivity contribution < 1.29 is 14.3 Å². The second-order valence-corrected chi connectivity index (χ2v) is 4.43. The maximum atomic E-state index is 12.0. The lowest BCUT2D eigenvalue weighted by Crippen LogP contribution is -2.17. The summed E-state index contributed by atoms with van der Waals surface area (Å²) in [7, 11) is 1.33. The van der Waals surface area contributed by atoms with Crippen LogP contribution in [0.25, 0.3) is 0 Å². The van der Waals surface area contributed by atoms with Crippen LogP contribution < -0.4 is 0 Å². The maximum Gasteiger partial charge on any atom is 0.308 e. The van der Waals surface area contributed by atoms with Gasteiger partial charge in [-0.1, -0.05) is 24.1 Å². The molecule has 3 heteroatoms. The molecule has 1 aromatic carbocycles. The summed E-state index contributed by atoms with van der Waals surface area (Å²) in [6.45, 7) is 5.60. The third kappa shape index (κ3) is 3.70. The summed E-state index contributed by atoms with van der Waals surface area (Å²) < 4.78 is 4.61. The molecular formula is C14H18O3. The molecule has 3 nitrogen and oxygen atoms in total. The molecule has 1 rings (SSSR count). The molecule has 17 heavy (non-hydrogen) atoms. The number of hydrogen-bond acceptors (Lipinski definition) is 3. The highest BCUT2D eigenvalue weighted by atomic mass is 16.5. The van der Waals surface area contributed by atoms with Crippen molar-refractivity contribution in [2.24, 2.45) is 5.92 Å². The first-order chi connectivity index (χ1) is 7.93. The van der Waals surface area contributed by atoms with Crippen LogP contribution in [-0.2, 0) is 9.53 Å². The van der Waals surface area contributed by atoms with Crippen LogP contribution in [0.15, 0.2) is 18.2 Å². The van der Waals surface area contributed by atoms with Crippen LogP contribution in [-0.4, -0.2) is 18.9 Å². The minimum atomic E-state index is -0.395. The largest absolute Gasteiger partial charge is 0.469 e. The summed E-state index contributed by atoms with van der Waals surface area (Å²) >= 11 is 0. The van der Waals surface area contributed by atoms with Crippen molar-refractivity contribution in [3.63, 3.8) is 0 Å². The van der Waals surface area contributed by atoms with E-state index in [-0.39, 0.29) is 18.2 Å². The summed E-state index contributed by atoms with van der Waals surface area (Å²) in [5.41, 5.74) is 2.77. The van der Waals surface area contributed by atoms with Crippen molar-refractivity contribution in [3.8, 4) is 0 Å². The van der Waals surface area contributed by atoms with Crippen molar-refractivity contribution in [1.29, 1.82) is 0 Å². The Hall–Kier alpha value is -1.64. The SMILES string of the molecule is COC(=O)C(C)CC(=O)c1cc(C)cc(C)c1. The summed E-state index contributed by atoms with van der Waals surface area (Å²) in [5.74, 6) is -0.759. The van der Waals surface area contributed by atoms with Gasteiger partial charge in [-0.05, 0) is 26.0 Å². The Balaban J connectivity index is 2.79.